The highest BCUT2D eigenvalue weighted by molar-refractivity contribution is 7.86. The van der Waals surface area contributed by atoms with Gasteiger partial charge < -0.3 is 10.2 Å². The molecule has 0 spiro atoms. The molecule has 8 heteroatoms. The Labute approximate surface area is 161 Å². The number of hydrogen-bond acceptors (Lipinski definition) is 3. The van der Waals surface area contributed by atoms with E-state index in [1.54, 1.807) is 0 Å². The smallest absolute Gasteiger partial charge is 0.317 e. The van der Waals surface area contributed by atoms with Gasteiger partial charge in [0.1, 0.15) is 0 Å². The Balaban J connectivity index is 1.60. The quantitative estimate of drug-likeness (QED) is 0.849. The van der Waals surface area contributed by atoms with Crippen molar-refractivity contribution in [2.45, 2.75) is 25.3 Å². The standard InChI is InChI=1S/C19H28N4O3S/c1-21(2)27(25,26)23-13-7-11-18(15-23)20-19(24)22-12-6-10-17(14-22)16-8-4-3-5-9-16/h3-5,8-10,18H,6-7,11-15H2,1-2H3,(H,20,24)/t18-/m1/s1. The van der Waals surface area contributed by atoms with Gasteiger partial charge in [-0.2, -0.15) is 17.0 Å². The largest absolute Gasteiger partial charge is 0.334 e. The molecular formula is C19H28N4O3S. The number of amides is 2. The number of nitrogens with zero attached hydrogens (tertiary/aromatic N) is 3. The zero-order valence-electron chi connectivity index (χ0n) is 16.0. The van der Waals surface area contributed by atoms with Gasteiger partial charge in [-0.1, -0.05) is 36.4 Å². The minimum Gasteiger partial charge on any atom is -0.334 e. The van der Waals surface area contributed by atoms with Crippen LogP contribution in [0.4, 0.5) is 4.79 Å². The van der Waals surface area contributed by atoms with E-state index >= 15 is 0 Å². The molecule has 1 fully saturated rings. The number of rotatable bonds is 4. The number of benzene rings is 1. The van der Waals surface area contributed by atoms with E-state index in [1.807, 2.05) is 23.1 Å². The summed E-state index contributed by atoms with van der Waals surface area (Å²) in [6, 6.07) is 9.80. The first kappa shape index (κ1) is 19.9. The first-order chi connectivity index (χ1) is 12.9. The van der Waals surface area contributed by atoms with Crippen LogP contribution in [0.15, 0.2) is 36.4 Å². The first-order valence-electron chi connectivity index (χ1n) is 9.35. The van der Waals surface area contributed by atoms with E-state index in [0.717, 1.165) is 30.4 Å². The van der Waals surface area contributed by atoms with E-state index in [0.29, 0.717) is 26.2 Å². The summed E-state index contributed by atoms with van der Waals surface area (Å²) in [5.41, 5.74) is 2.29. The van der Waals surface area contributed by atoms with Crippen LogP contribution in [0.25, 0.3) is 5.57 Å². The predicted octanol–water partition coefficient (Wildman–Crippen LogP) is 1.76. The van der Waals surface area contributed by atoms with Crippen molar-refractivity contribution in [3.05, 3.63) is 42.0 Å². The molecule has 0 radical (unpaired) electrons. The number of nitrogens with one attached hydrogen (secondary N) is 1. The van der Waals surface area contributed by atoms with E-state index in [1.165, 1.54) is 22.7 Å². The van der Waals surface area contributed by atoms with E-state index < -0.39 is 10.2 Å². The van der Waals surface area contributed by atoms with Crippen molar-refractivity contribution < 1.29 is 13.2 Å². The van der Waals surface area contributed by atoms with Gasteiger partial charge in [0.15, 0.2) is 0 Å². The molecule has 2 heterocycles. The zero-order valence-corrected chi connectivity index (χ0v) is 16.8. The molecule has 0 aromatic heterocycles. The van der Waals surface area contributed by atoms with Crippen molar-refractivity contribution in [1.29, 1.82) is 0 Å². The third-order valence-corrected chi connectivity index (χ3v) is 6.99. The van der Waals surface area contributed by atoms with Gasteiger partial charge in [0, 0.05) is 46.3 Å². The second-order valence-corrected chi connectivity index (χ2v) is 9.38. The van der Waals surface area contributed by atoms with E-state index in [4.69, 9.17) is 0 Å². The summed E-state index contributed by atoms with van der Waals surface area (Å²) < 4.78 is 27.4. The zero-order chi connectivity index (χ0) is 19.4. The Morgan fingerprint density at radius 1 is 1.19 bits per heavy atom. The number of hydrogen-bond donors (Lipinski definition) is 1. The molecule has 148 valence electrons. The number of carbonyl (C=O) groups excluding carboxylic acids is 1. The van der Waals surface area contributed by atoms with E-state index in [2.05, 4.69) is 23.5 Å². The highest BCUT2D eigenvalue weighted by Crippen LogP contribution is 2.21. The van der Waals surface area contributed by atoms with Crippen LogP contribution in [0.2, 0.25) is 0 Å². The van der Waals surface area contributed by atoms with Gasteiger partial charge in [-0.25, -0.2) is 4.79 Å². The van der Waals surface area contributed by atoms with Crippen molar-refractivity contribution in [3.63, 3.8) is 0 Å². The molecule has 2 amide bonds. The molecule has 0 unspecified atom stereocenters. The summed E-state index contributed by atoms with van der Waals surface area (Å²) in [6.45, 7) is 2.07. The molecule has 1 saturated heterocycles. The van der Waals surface area contributed by atoms with Crippen LogP contribution >= 0.6 is 0 Å². The van der Waals surface area contributed by atoms with Crippen molar-refractivity contribution in [2.75, 3.05) is 40.3 Å². The summed E-state index contributed by atoms with van der Waals surface area (Å²) in [5.74, 6) is 0. The number of piperidine rings is 1. The van der Waals surface area contributed by atoms with Gasteiger partial charge in [-0.15, -0.1) is 0 Å². The number of carbonyl (C=O) groups is 1. The molecule has 2 aliphatic heterocycles. The summed E-state index contributed by atoms with van der Waals surface area (Å²) in [7, 11) is -0.385. The van der Waals surface area contributed by atoms with Crippen LogP contribution < -0.4 is 5.32 Å². The third kappa shape index (κ3) is 4.69. The molecular weight excluding hydrogens is 364 g/mol. The van der Waals surface area contributed by atoms with Gasteiger partial charge in [0.2, 0.25) is 0 Å². The average molecular weight is 393 g/mol. The lowest BCUT2D eigenvalue weighted by molar-refractivity contribution is 0.190. The number of urea groups is 1. The maximum atomic E-state index is 12.7. The van der Waals surface area contributed by atoms with E-state index in [9.17, 15) is 13.2 Å². The van der Waals surface area contributed by atoms with Gasteiger partial charge in [0.25, 0.3) is 10.2 Å². The van der Waals surface area contributed by atoms with Crippen LogP contribution in [0.3, 0.4) is 0 Å². The van der Waals surface area contributed by atoms with Crippen LogP contribution in [0, 0.1) is 0 Å². The molecule has 1 N–H and O–H groups in total. The maximum Gasteiger partial charge on any atom is 0.317 e. The van der Waals surface area contributed by atoms with Crippen LogP contribution in [-0.4, -0.2) is 74.3 Å². The Hall–Kier alpha value is -1.90. The molecule has 7 nitrogen and oxygen atoms in total. The summed E-state index contributed by atoms with van der Waals surface area (Å²) in [4.78, 5) is 14.5. The van der Waals surface area contributed by atoms with Gasteiger partial charge in [0.05, 0.1) is 0 Å². The third-order valence-electron chi connectivity index (χ3n) is 5.08. The fourth-order valence-corrected chi connectivity index (χ4v) is 4.74. The van der Waals surface area contributed by atoms with Gasteiger partial charge >= 0.3 is 6.03 Å². The van der Waals surface area contributed by atoms with E-state index in [-0.39, 0.29) is 12.1 Å². The minimum atomic E-state index is -3.45. The SMILES string of the molecule is CN(C)S(=O)(=O)N1CCC[C@@H](NC(=O)N2CCC=C(c3ccccc3)C2)C1. The topological polar surface area (TPSA) is 73.0 Å². The Morgan fingerprint density at radius 3 is 2.63 bits per heavy atom. The molecule has 1 aromatic rings. The maximum absolute atomic E-state index is 12.7. The fourth-order valence-electron chi connectivity index (χ4n) is 3.55. The molecule has 3 rings (SSSR count). The van der Waals surface area contributed by atoms with Crippen LogP contribution in [0.1, 0.15) is 24.8 Å². The molecule has 0 bridgehead atoms. The Bertz CT molecular complexity index is 792. The lowest BCUT2D eigenvalue weighted by Gasteiger charge is -2.35. The molecule has 2 aliphatic rings. The van der Waals surface area contributed by atoms with Crippen molar-refractivity contribution in [1.82, 2.24) is 18.8 Å². The first-order valence-corrected chi connectivity index (χ1v) is 10.7. The fraction of sp³-hybridized carbons (Fsp3) is 0.526. The highest BCUT2D eigenvalue weighted by Gasteiger charge is 2.32. The lowest BCUT2D eigenvalue weighted by atomic mass is 10.0. The molecule has 1 aromatic carbocycles. The molecule has 0 saturated carbocycles. The molecule has 0 aliphatic carbocycles. The summed E-state index contributed by atoms with van der Waals surface area (Å²) in [5, 5.41) is 3.04. The van der Waals surface area contributed by atoms with Crippen molar-refractivity contribution in [3.8, 4) is 0 Å². The van der Waals surface area contributed by atoms with Gasteiger partial charge in [-0.3, -0.25) is 0 Å². The normalized spacial score (nSPS) is 21.8. The lowest BCUT2D eigenvalue weighted by Crippen LogP contribution is -2.54. The van der Waals surface area contributed by atoms with Crippen LogP contribution in [0.5, 0.6) is 0 Å². The highest BCUT2D eigenvalue weighted by atomic mass is 32.2. The Kier molecular flexibility index (Phi) is 6.18. The average Bonchev–Trinajstić information content (AvgIpc) is 2.69. The second kappa shape index (κ2) is 8.41. The summed E-state index contributed by atoms with van der Waals surface area (Å²) >= 11 is 0. The predicted molar refractivity (Wildman–Crippen MR) is 106 cm³/mol. The van der Waals surface area contributed by atoms with Crippen molar-refractivity contribution >= 4 is 21.8 Å². The molecule has 27 heavy (non-hydrogen) atoms. The second-order valence-electron chi connectivity index (χ2n) is 7.24. The minimum absolute atomic E-state index is 0.120. The van der Waals surface area contributed by atoms with Crippen molar-refractivity contribution in [2.24, 2.45) is 0 Å². The van der Waals surface area contributed by atoms with Crippen LogP contribution in [-0.2, 0) is 10.2 Å². The van der Waals surface area contributed by atoms with Gasteiger partial charge in [-0.05, 0) is 30.4 Å². The molecule has 1 atom stereocenters. The summed E-state index contributed by atoms with van der Waals surface area (Å²) in [6.07, 6.45) is 4.54. The monoisotopic (exact) mass is 392 g/mol. The Morgan fingerprint density at radius 2 is 1.93 bits per heavy atom.